The lowest BCUT2D eigenvalue weighted by Gasteiger charge is -2.31. The number of aromatic nitrogens is 3. The number of benzene rings is 2. The molecule has 2 aliphatic heterocycles. The summed E-state index contributed by atoms with van der Waals surface area (Å²) in [7, 11) is 0. The van der Waals surface area contributed by atoms with Crippen molar-refractivity contribution in [2.45, 2.75) is 38.8 Å². The van der Waals surface area contributed by atoms with E-state index >= 15 is 0 Å². The van der Waals surface area contributed by atoms with Crippen molar-refractivity contribution >= 4 is 29.2 Å². The van der Waals surface area contributed by atoms with E-state index in [-0.39, 0.29) is 18.3 Å². The van der Waals surface area contributed by atoms with Crippen LogP contribution in [0.3, 0.4) is 0 Å². The van der Waals surface area contributed by atoms with Crippen molar-refractivity contribution in [2.75, 3.05) is 6.54 Å². The fraction of sp³-hybridized carbons (Fsp3) is 0.280. The van der Waals surface area contributed by atoms with E-state index in [0.717, 1.165) is 48.1 Å². The van der Waals surface area contributed by atoms with E-state index in [4.69, 9.17) is 0 Å². The molecule has 1 atom stereocenters. The van der Waals surface area contributed by atoms with E-state index in [1.165, 1.54) is 22.3 Å². The quantitative estimate of drug-likeness (QED) is 0.504. The summed E-state index contributed by atoms with van der Waals surface area (Å²) >= 11 is 0. The number of fused-ring (bicyclic) bond motifs is 3. The van der Waals surface area contributed by atoms with Crippen LogP contribution in [0.1, 0.15) is 51.0 Å². The molecule has 6 rings (SSSR count). The maximum absolute atomic E-state index is 13.6. The minimum Gasteiger partial charge on any atom is -0.348 e. The molecule has 4 heterocycles. The van der Waals surface area contributed by atoms with Crippen molar-refractivity contribution in [3.8, 4) is 0 Å². The Hall–Kier alpha value is -3.05. The maximum atomic E-state index is 13.6. The molecule has 2 aromatic carbocycles. The third-order valence-corrected chi connectivity index (χ3v) is 6.79. The SMILES string of the molecule is Cc1[nH]cnc1CN1CCc2c(c3cccc4c3n2C(c2ccccc2)CC4)C1=O.Cl. The summed E-state index contributed by atoms with van der Waals surface area (Å²) in [5.74, 6) is 0.133. The summed E-state index contributed by atoms with van der Waals surface area (Å²) in [6, 6.07) is 17.5. The number of imidazole rings is 1. The Labute approximate surface area is 187 Å². The minimum absolute atomic E-state index is 0. The van der Waals surface area contributed by atoms with Gasteiger partial charge >= 0.3 is 0 Å². The molecule has 31 heavy (non-hydrogen) atoms. The highest BCUT2D eigenvalue weighted by Gasteiger charge is 2.35. The number of aromatic amines is 1. The highest BCUT2D eigenvalue weighted by Crippen LogP contribution is 2.42. The highest BCUT2D eigenvalue weighted by atomic mass is 35.5. The average molecular weight is 433 g/mol. The Morgan fingerprint density at radius 1 is 1.10 bits per heavy atom. The Kier molecular flexibility index (Phi) is 4.86. The van der Waals surface area contributed by atoms with E-state index < -0.39 is 0 Å². The molecule has 1 N–H and O–H groups in total. The molecule has 5 nitrogen and oxygen atoms in total. The summed E-state index contributed by atoms with van der Waals surface area (Å²) in [5.41, 5.74) is 8.02. The molecular weight excluding hydrogens is 408 g/mol. The molecule has 158 valence electrons. The van der Waals surface area contributed by atoms with Gasteiger partial charge in [-0.3, -0.25) is 4.79 Å². The second-order valence-electron chi connectivity index (χ2n) is 8.42. The molecule has 2 aliphatic rings. The lowest BCUT2D eigenvalue weighted by Crippen LogP contribution is -2.38. The number of rotatable bonds is 3. The van der Waals surface area contributed by atoms with Gasteiger partial charge in [-0.2, -0.15) is 0 Å². The topological polar surface area (TPSA) is 53.9 Å². The Bertz CT molecular complexity index is 1270. The number of hydrogen-bond donors (Lipinski definition) is 1. The fourth-order valence-electron chi connectivity index (χ4n) is 5.31. The van der Waals surface area contributed by atoms with Crippen LogP contribution in [0.4, 0.5) is 0 Å². The number of para-hydroxylation sites is 1. The molecule has 2 aromatic heterocycles. The summed E-state index contributed by atoms with van der Waals surface area (Å²) < 4.78 is 2.48. The Morgan fingerprint density at radius 3 is 2.71 bits per heavy atom. The molecule has 0 aliphatic carbocycles. The number of H-pyrrole nitrogens is 1. The molecule has 0 saturated heterocycles. The van der Waals surface area contributed by atoms with Crippen molar-refractivity contribution in [3.63, 3.8) is 0 Å². The van der Waals surface area contributed by atoms with Crippen LogP contribution in [0.15, 0.2) is 54.9 Å². The number of aryl methyl sites for hydroxylation is 2. The van der Waals surface area contributed by atoms with Gasteiger partial charge in [0.15, 0.2) is 0 Å². The van der Waals surface area contributed by atoms with Crippen molar-refractivity contribution in [1.82, 2.24) is 19.4 Å². The minimum atomic E-state index is 0. The summed E-state index contributed by atoms with van der Waals surface area (Å²) in [4.78, 5) is 23.1. The zero-order chi connectivity index (χ0) is 20.2. The second kappa shape index (κ2) is 7.57. The van der Waals surface area contributed by atoms with Crippen LogP contribution in [0.5, 0.6) is 0 Å². The van der Waals surface area contributed by atoms with Crippen molar-refractivity contribution in [1.29, 1.82) is 0 Å². The van der Waals surface area contributed by atoms with Crippen molar-refractivity contribution in [2.24, 2.45) is 0 Å². The zero-order valence-electron chi connectivity index (χ0n) is 17.5. The van der Waals surface area contributed by atoms with Crippen LogP contribution < -0.4 is 0 Å². The largest absolute Gasteiger partial charge is 0.348 e. The highest BCUT2D eigenvalue weighted by molar-refractivity contribution is 6.10. The van der Waals surface area contributed by atoms with Crippen LogP contribution >= 0.6 is 12.4 Å². The second-order valence-corrected chi connectivity index (χ2v) is 8.42. The lowest BCUT2D eigenvalue weighted by molar-refractivity contribution is 0.0724. The van der Waals surface area contributed by atoms with Crippen molar-refractivity contribution in [3.05, 3.63) is 88.6 Å². The maximum Gasteiger partial charge on any atom is 0.256 e. The third-order valence-electron chi connectivity index (χ3n) is 6.79. The lowest BCUT2D eigenvalue weighted by atomic mass is 9.94. The number of nitrogens with zero attached hydrogens (tertiary/aromatic N) is 3. The first kappa shape index (κ1) is 19.9. The van der Waals surface area contributed by atoms with Crippen LogP contribution in [0.25, 0.3) is 10.9 Å². The van der Waals surface area contributed by atoms with Gasteiger partial charge in [0.25, 0.3) is 5.91 Å². The van der Waals surface area contributed by atoms with Gasteiger partial charge in [-0.25, -0.2) is 4.98 Å². The van der Waals surface area contributed by atoms with Crippen molar-refractivity contribution < 1.29 is 4.79 Å². The Balaban J connectivity index is 0.00000204. The number of hydrogen-bond acceptors (Lipinski definition) is 2. The van der Waals surface area contributed by atoms with Gasteiger partial charge in [-0.15, -0.1) is 12.4 Å². The summed E-state index contributed by atoms with van der Waals surface area (Å²) in [6.07, 6.45) is 4.70. The van der Waals surface area contributed by atoms with Crippen LogP contribution in [-0.2, 0) is 19.4 Å². The molecule has 0 radical (unpaired) electrons. The van der Waals surface area contributed by atoms with Gasteiger partial charge < -0.3 is 14.5 Å². The van der Waals surface area contributed by atoms with Crippen LogP contribution in [0.2, 0.25) is 0 Å². The van der Waals surface area contributed by atoms with E-state index in [9.17, 15) is 4.79 Å². The molecule has 1 unspecified atom stereocenters. The number of nitrogens with one attached hydrogen (secondary N) is 1. The standard InChI is InChI=1S/C25H24N4O.ClH/c1-16-20(27-15-26-16)14-28-13-12-22-23(25(28)30)19-9-5-8-18-10-11-21(29(22)24(18)19)17-6-3-2-4-7-17;/h2-9,15,21H,10-14H2,1H3,(H,26,27);1H. The monoisotopic (exact) mass is 432 g/mol. The van der Waals surface area contributed by atoms with Crippen LogP contribution in [-0.4, -0.2) is 31.9 Å². The van der Waals surface area contributed by atoms with Gasteiger partial charge in [0.2, 0.25) is 0 Å². The summed E-state index contributed by atoms with van der Waals surface area (Å²) in [6.45, 7) is 3.29. The third kappa shape index (κ3) is 2.99. The average Bonchev–Trinajstić information content (AvgIpc) is 3.34. The van der Waals surface area contributed by atoms with E-state index in [0.29, 0.717) is 12.6 Å². The molecule has 0 fully saturated rings. The van der Waals surface area contributed by atoms with Gasteiger partial charge in [-0.1, -0.05) is 48.5 Å². The first-order valence-electron chi connectivity index (χ1n) is 10.7. The van der Waals surface area contributed by atoms with E-state index in [2.05, 4.69) is 63.1 Å². The number of carbonyl (C=O) groups is 1. The summed E-state index contributed by atoms with van der Waals surface area (Å²) in [5, 5.41) is 1.11. The molecule has 0 bridgehead atoms. The van der Waals surface area contributed by atoms with Gasteiger partial charge in [0, 0.05) is 29.7 Å². The fourth-order valence-corrected chi connectivity index (χ4v) is 5.31. The molecule has 4 aromatic rings. The van der Waals surface area contributed by atoms with Crippen LogP contribution in [0, 0.1) is 6.92 Å². The molecule has 0 spiro atoms. The van der Waals surface area contributed by atoms with Gasteiger partial charge in [0.1, 0.15) is 0 Å². The molecule has 6 heteroatoms. The predicted molar refractivity (Wildman–Crippen MR) is 124 cm³/mol. The zero-order valence-corrected chi connectivity index (χ0v) is 18.3. The van der Waals surface area contributed by atoms with E-state index in [1.807, 2.05) is 11.8 Å². The number of amides is 1. The van der Waals surface area contributed by atoms with Gasteiger partial charge in [-0.05, 0) is 30.9 Å². The Morgan fingerprint density at radius 2 is 1.94 bits per heavy atom. The van der Waals surface area contributed by atoms with Gasteiger partial charge in [0.05, 0.1) is 35.7 Å². The normalized spacial score (nSPS) is 17.5. The van der Waals surface area contributed by atoms with E-state index in [1.54, 1.807) is 6.33 Å². The molecular formula is C25H25ClN4O. The predicted octanol–water partition coefficient (Wildman–Crippen LogP) is 4.83. The number of carbonyl (C=O) groups excluding carboxylic acids is 1. The molecule has 0 saturated carbocycles. The first-order valence-corrected chi connectivity index (χ1v) is 10.7. The smallest absolute Gasteiger partial charge is 0.256 e. The number of halogens is 1. The molecule has 1 amide bonds. The first-order chi connectivity index (χ1) is 14.7.